The molecule has 3 aliphatic rings. The fourth-order valence-corrected chi connectivity index (χ4v) is 4.10. The van der Waals surface area contributed by atoms with E-state index in [-0.39, 0.29) is 11.4 Å². The molecule has 1 spiro atoms. The van der Waals surface area contributed by atoms with Gasteiger partial charge in [-0.05, 0) is 50.0 Å². The lowest BCUT2D eigenvalue weighted by atomic mass is 9.60. The lowest BCUT2D eigenvalue weighted by Crippen LogP contribution is -2.58. The smallest absolute Gasteiger partial charge is 0.128 e. The SMILES string of the molecule is Fc1ccccc1C1(NC2CCC23CCOCC3)CC1. The number of hydrogen-bond donors (Lipinski definition) is 1. The van der Waals surface area contributed by atoms with Gasteiger partial charge in [-0.1, -0.05) is 18.2 Å². The van der Waals surface area contributed by atoms with Crippen molar-refractivity contribution < 1.29 is 9.13 Å². The normalized spacial score (nSPS) is 29.9. The Kier molecular flexibility index (Phi) is 2.90. The second kappa shape index (κ2) is 4.54. The minimum Gasteiger partial charge on any atom is -0.381 e. The van der Waals surface area contributed by atoms with Gasteiger partial charge in [0.25, 0.3) is 0 Å². The van der Waals surface area contributed by atoms with Gasteiger partial charge in [-0.25, -0.2) is 4.39 Å². The number of nitrogens with one attached hydrogen (secondary N) is 1. The maximum absolute atomic E-state index is 14.1. The molecule has 1 atom stereocenters. The summed E-state index contributed by atoms with van der Waals surface area (Å²) in [5, 5.41) is 3.83. The van der Waals surface area contributed by atoms with Crippen LogP contribution in [-0.4, -0.2) is 19.3 Å². The Balaban J connectivity index is 1.53. The van der Waals surface area contributed by atoms with E-state index in [0.717, 1.165) is 44.5 Å². The average Bonchev–Trinajstić information content (AvgIpc) is 3.26. The third kappa shape index (κ3) is 1.91. The van der Waals surface area contributed by atoms with Crippen LogP contribution < -0.4 is 5.32 Å². The van der Waals surface area contributed by atoms with Crippen molar-refractivity contribution in [3.8, 4) is 0 Å². The molecule has 20 heavy (non-hydrogen) atoms. The predicted octanol–water partition coefficient (Wildman–Crippen LogP) is 3.36. The summed E-state index contributed by atoms with van der Waals surface area (Å²) < 4.78 is 19.6. The molecule has 1 aromatic carbocycles. The molecule has 2 aliphatic carbocycles. The monoisotopic (exact) mass is 275 g/mol. The molecule has 3 fully saturated rings. The van der Waals surface area contributed by atoms with Crippen molar-refractivity contribution in [1.82, 2.24) is 5.32 Å². The van der Waals surface area contributed by atoms with E-state index in [1.54, 1.807) is 12.1 Å². The van der Waals surface area contributed by atoms with Gasteiger partial charge >= 0.3 is 0 Å². The van der Waals surface area contributed by atoms with Crippen LogP contribution >= 0.6 is 0 Å². The van der Waals surface area contributed by atoms with Gasteiger partial charge in [0.15, 0.2) is 0 Å². The number of ether oxygens (including phenoxy) is 1. The zero-order valence-corrected chi connectivity index (χ0v) is 11.8. The molecule has 2 nitrogen and oxygen atoms in total. The van der Waals surface area contributed by atoms with E-state index in [2.05, 4.69) is 5.32 Å². The number of benzene rings is 1. The van der Waals surface area contributed by atoms with Gasteiger partial charge in [-0.3, -0.25) is 0 Å². The maximum Gasteiger partial charge on any atom is 0.128 e. The molecule has 4 rings (SSSR count). The van der Waals surface area contributed by atoms with Gasteiger partial charge in [-0.15, -0.1) is 0 Å². The van der Waals surface area contributed by atoms with Gasteiger partial charge in [0, 0.05) is 30.4 Å². The lowest BCUT2D eigenvalue weighted by molar-refractivity contribution is -0.0592. The van der Waals surface area contributed by atoms with E-state index < -0.39 is 0 Å². The first-order chi connectivity index (χ1) is 9.74. The molecule has 1 unspecified atom stereocenters. The van der Waals surface area contributed by atoms with Gasteiger partial charge < -0.3 is 10.1 Å². The second-order valence-electron chi connectivity index (χ2n) is 6.77. The Labute approximate surface area is 119 Å². The van der Waals surface area contributed by atoms with Crippen LogP contribution in [0.25, 0.3) is 0 Å². The Morgan fingerprint density at radius 1 is 1.05 bits per heavy atom. The van der Waals surface area contributed by atoms with Crippen LogP contribution in [0.15, 0.2) is 24.3 Å². The van der Waals surface area contributed by atoms with Crippen molar-refractivity contribution in [1.29, 1.82) is 0 Å². The minimum atomic E-state index is -0.0816. The number of halogens is 1. The predicted molar refractivity (Wildman–Crippen MR) is 76.0 cm³/mol. The topological polar surface area (TPSA) is 21.3 Å². The molecule has 108 valence electrons. The molecule has 3 heteroatoms. The van der Waals surface area contributed by atoms with Crippen molar-refractivity contribution in [2.24, 2.45) is 5.41 Å². The summed E-state index contributed by atoms with van der Waals surface area (Å²) in [4.78, 5) is 0. The molecule has 0 aromatic heterocycles. The first-order valence-corrected chi connectivity index (χ1v) is 7.85. The molecular formula is C17H22FNO. The van der Waals surface area contributed by atoms with Gasteiger partial charge in [0.2, 0.25) is 0 Å². The molecule has 0 bridgehead atoms. The number of hydrogen-bond acceptors (Lipinski definition) is 2. The van der Waals surface area contributed by atoms with Crippen molar-refractivity contribution >= 4 is 0 Å². The molecule has 1 heterocycles. The van der Waals surface area contributed by atoms with E-state index in [1.165, 1.54) is 12.8 Å². The lowest BCUT2D eigenvalue weighted by Gasteiger charge is -2.53. The van der Waals surface area contributed by atoms with Crippen LogP contribution in [0, 0.1) is 11.2 Å². The summed E-state index contributed by atoms with van der Waals surface area (Å²) in [6.45, 7) is 1.79. The Hall–Kier alpha value is -0.930. The summed E-state index contributed by atoms with van der Waals surface area (Å²) in [7, 11) is 0. The van der Waals surface area contributed by atoms with Crippen LogP contribution in [0.1, 0.15) is 44.1 Å². The van der Waals surface area contributed by atoms with Gasteiger partial charge in [0.1, 0.15) is 5.82 Å². The highest BCUT2D eigenvalue weighted by Crippen LogP contribution is 2.54. The molecule has 1 aliphatic heterocycles. The third-order valence-corrected chi connectivity index (χ3v) is 5.75. The van der Waals surface area contributed by atoms with Crippen LogP contribution in [0.2, 0.25) is 0 Å². The fourth-order valence-electron chi connectivity index (χ4n) is 4.10. The summed E-state index contributed by atoms with van der Waals surface area (Å²) in [6, 6.07) is 7.81. The minimum absolute atomic E-state index is 0.0575. The maximum atomic E-state index is 14.1. The highest BCUT2D eigenvalue weighted by molar-refractivity contribution is 5.32. The third-order valence-electron chi connectivity index (χ3n) is 5.75. The summed E-state index contributed by atoms with van der Waals surface area (Å²) >= 11 is 0. The second-order valence-corrected chi connectivity index (χ2v) is 6.77. The summed E-state index contributed by atoms with van der Waals surface area (Å²) in [5.41, 5.74) is 1.22. The number of rotatable bonds is 3. The standard InChI is InChI=1S/C17H22FNO/c18-14-4-2-1-3-13(14)17(7-8-17)19-15-5-6-16(15)9-11-20-12-10-16/h1-4,15,19H,5-12H2. The van der Waals surface area contributed by atoms with Crippen LogP contribution in [-0.2, 0) is 10.3 Å². The first kappa shape index (κ1) is 12.8. The Morgan fingerprint density at radius 3 is 2.40 bits per heavy atom. The molecule has 1 N–H and O–H groups in total. The Morgan fingerprint density at radius 2 is 1.80 bits per heavy atom. The zero-order chi connectivity index (χ0) is 13.6. The van der Waals surface area contributed by atoms with E-state index in [4.69, 9.17) is 4.74 Å². The van der Waals surface area contributed by atoms with Gasteiger partial charge in [-0.2, -0.15) is 0 Å². The zero-order valence-electron chi connectivity index (χ0n) is 11.8. The largest absolute Gasteiger partial charge is 0.381 e. The first-order valence-electron chi connectivity index (χ1n) is 7.85. The molecule has 1 saturated heterocycles. The molecule has 1 aromatic rings. The highest BCUT2D eigenvalue weighted by atomic mass is 19.1. The van der Waals surface area contributed by atoms with Crippen molar-refractivity contribution in [2.75, 3.05) is 13.2 Å². The summed E-state index contributed by atoms with van der Waals surface area (Å²) in [5.74, 6) is -0.0575. The van der Waals surface area contributed by atoms with E-state index in [9.17, 15) is 4.39 Å². The molecular weight excluding hydrogens is 253 g/mol. The van der Waals surface area contributed by atoms with Crippen molar-refractivity contribution in [2.45, 2.75) is 50.1 Å². The average molecular weight is 275 g/mol. The highest BCUT2D eigenvalue weighted by Gasteiger charge is 2.54. The van der Waals surface area contributed by atoms with Crippen LogP contribution in [0.5, 0.6) is 0 Å². The van der Waals surface area contributed by atoms with E-state index >= 15 is 0 Å². The molecule has 0 radical (unpaired) electrons. The van der Waals surface area contributed by atoms with E-state index in [0.29, 0.717) is 11.5 Å². The quantitative estimate of drug-likeness (QED) is 0.913. The van der Waals surface area contributed by atoms with Gasteiger partial charge in [0.05, 0.1) is 0 Å². The van der Waals surface area contributed by atoms with E-state index in [1.807, 2.05) is 12.1 Å². The van der Waals surface area contributed by atoms with Crippen LogP contribution in [0.4, 0.5) is 4.39 Å². The van der Waals surface area contributed by atoms with Crippen molar-refractivity contribution in [3.63, 3.8) is 0 Å². The fraction of sp³-hybridized carbons (Fsp3) is 0.647. The Bertz CT molecular complexity index is 505. The summed E-state index contributed by atoms with van der Waals surface area (Å²) in [6.07, 6.45) is 7.00. The van der Waals surface area contributed by atoms with Crippen molar-refractivity contribution in [3.05, 3.63) is 35.6 Å². The van der Waals surface area contributed by atoms with Crippen LogP contribution in [0.3, 0.4) is 0 Å². The molecule has 2 saturated carbocycles. The molecule has 0 amide bonds.